The average Bonchev–Trinajstić information content (AvgIpc) is 2.69. The molecule has 0 aliphatic rings. The number of hydrogen-bond acceptors (Lipinski definition) is 3. The summed E-state index contributed by atoms with van der Waals surface area (Å²) < 4.78 is 5.71. The Morgan fingerprint density at radius 3 is 2.32 bits per heavy atom. The topological polar surface area (TPSA) is 55.4 Å². The third-order valence-electron chi connectivity index (χ3n) is 4.02. The van der Waals surface area contributed by atoms with Gasteiger partial charge in [0.15, 0.2) is 6.10 Å². The minimum absolute atomic E-state index is 0.168. The summed E-state index contributed by atoms with van der Waals surface area (Å²) in [7, 11) is 0. The fourth-order valence-corrected chi connectivity index (χ4v) is 3.01. The first kappa shape index (κ1) is 19.9. The van der Waals surface area contributed by atoms with E-state index in [0.717, 1.165) is 0 Å². The van der Waals surface area contributed by atoms with Crippen molar-refractivity contribution in [2.24, 2.45) is 0 Å². The number of anilines is 1. The lowest BCUT2D eigenvalue weighted by molar-refractivity contribution is 0.0818. The van der Waals surface area contributed by atoms with Crippen LogP contribution in [0.25, 0.3) is 0 Å². The molecule has 4 nitrogen and oxygen atoms in total. The van der Waals surface area contributed by atoms with Gasteiger partial charge in [0.2, 0.25) is 5.78 Å². The molecular formula is C22H17Cl2NO3. The smallest absolute Gasteiger partial charge is 0.257 e. The third-order valence-corrected chi connectivity index (χ3v) is 4.59. The summed E-state index contributed by atoms with van der Waals surface area (Å²) in [6.45, 7) is 1.68. The second-order valence-electron chi connectivity index (χ2n) is 6.09. The van der Waals surface area contributed by atoms with E-state index in [1.54, 1.807) is 79.7 Å². The first-order valence-electron chi connectivity index (χ1n) is 8.56. The lowest BCUT2D eigenvalue weighted by Crippen LogP contribution is -2.23. The maximum absolute atomic E-state index is 12.4. The van der Waals surface area contributed by atoms with Gasteiger partial charge in [-0.3, -0.25) is 9.59 Å². The van der Waals surface area contributed by atoms with Crippen molar-refractivity contribution in [3.63, 3.8) is 0 Å². The van der Waals surface area contributed by atoms with E-state index < -0.39 is 6.10 Å². The molecule has 0 fully saturated rings. The summed E-state index contributed by atoms with van der Waals surface area (Å²) in [6, 6.07) is 20.3. The molecule has 3 rings (SSSR count). The van der Waals surface area contributed by atoms with E-state index in [1.807, 2.05) is 0 Å². The van der Waals surface area contributed by atoms with Crippen LogP contribution < -0.4 is 10.1 Å². The molecule has 0 saturated heterocycles. The van der Waals surface area contributed by atoms with Crippen LogP contribution in [-0.4, -0.2) is 17.8 Å². The van der Waals surface area contributed by atoms with Gasteiger partial charge in [0, 0.05) is 16.3 Å². The van der Waals surface area contributed by atoms with Gasteiger partial charge in [-0.2, -0.15) is 0 Å². The zero-order valence-electron chi connectivity index (χ0n) is 15.0. The number of amides is 1. The number of carbonyl (C=O) groups is 2. The van der Waals surface area contributed by atoms with E-state index in [0.29, 0.717) is 32.6 Å². The normalized spacial score (nSPS) is 11.5. The Labute approximate surface area is 173 Å². The fraction of sp³-hybridized carbons (Fsp3) is 0.0909. The molecule has 3 aromatic carbocycles. The van der Waals surface area contributed by atoms with Crippen LogP contribution in [0.4, 0.5) is 5.69 Å². The van der Waals surface area contributed by atoms with Gasteiger partial charge in [-0.05, 0) is 55.5 Å². The molecular weight excluding hydrogens is 397 g/mol. The van der Waals surface area contributed by atoms with Crippen molar-refractivity contribution in [3.8, 4) is 5.75 Å². The fourth-order valence-electron chi connectivity index (χ4n) is 2.59. The standard InChI is InChI=1S/C22H17Cl2NO3/c1-14(21(26)15-5-4-6-16(23)13-15)28-18-11-9-17(10-12-18)25-22(27)19-7-2-3-8-20(19)24/h2-14H,1H3,(H,25,27). The molecule has 6 heteroatoms. The zero-order chi connectivity index (χ0) is 20.1. The Hall–Kier alpha value is -2.82. The number of halogens is 2. The molecule has 1 amide bonds. The molecule has 3 aromatic rings. The monoisotopic (exact) mass is 413 g/mol. The van der Waals surface area contributed by atoms with Gasteiger partial charge in [0.05, 0.1) is 10.6 Å². The largest absolute Gasteiger partial charge is 0.483 e. The Morgan fingerprint density at radius 2 is 1.64 bits per heavy atom. The highest BCUT2D eigenvalue weighted by Crippen LogP contribution is 2.21. The first-order chi connectivity index (χ1) is 13.4. The molecule has 0 aliphatic heterocycles. The van der Waals surface area contributed by atoms with Crippen LogP contribution in [-0.2, 0) is 0 Å². The highest BCUT2D eigenvalue weighted by molar-refractivity contribution is 6.34. The minimum atomic E-state index is -0.679. The van der Waals surface area contributed by atoms with Gasteiger partial charge in [0.1, 0.15) is 5.75 Å². The second-order valence-corrected chi connectivity index (χ2v) is 6.94. The van der Waals surface area contributed by atoms with E-state index in [9.17, 15) is 9.59 Å². The summed E-state index contributed by atoms with van der Waals surface area (Å²) in [4.78, 5) is 24.7. The van der Waals surface area contributed by atoms with Gasteiger partial charge >= 0.3 is 0 Å². The summed E-state index contributed by atoms with van der Waals surface area (Å²) in [5, 5.41) is 3.65. The summed E-state index contributed by atoms with van der Waals surface area (Å²) >= 11 is 12.0. The van der Waals surface area contributed by atoms with Crippen LogP contribution in [0.2, 0.25) is 10.0 Å². The molecule has 142 valence electrons. The number of benzene rings is 3. The van der Waals surface area contributed by atoms with Crippen LogP contribution in [0.1, 0.15) is 27.6 Å². The Morgan fingerprint density at radius 1 is 0.929 bits per heavy atom. The number of carbonyl (C=O) groups excluding carboxylic acids is 2. The first-order valence-corrected chi connectivity index (χ1v) is 9.32. The van der Waals surface area contributed by atoms with Crippen molar-refractivity contribution in [2.75, 3.05) is 5.32 Å². The van der Waals surface area contributed by atoms with Crippen molar-refractivity contribution in [3.05, 3.63) is 94.0 Å². The number of ether oxygens (including phenoxy) is 1. The molecule has 0 bridgehead atoms. The number of nitrogens with one attached hydrogen (secondary N) is 1. The van der Waals surface area contributed by atoms with Gasteiger partial charge in [-0.1, -0.05) is 47.5 Å². The molecule has 0 aromatic heterocycles. The average molecular weight is 414 g/mol. The minimum Gasteiger partial charge on any atom is -0.483 e. The lowest BCUT2D eigenvalue weighted by atomic mass is 10.1. The molecule has 1 atom stereocenters. The van der Waals surface area contributed by atoms with E-state index in [1.165, 1.54) is 0 Å². The molecule has 0 radical (unpaired) electrons. The summed E-state index contributed by atoms with van der Waals surface area (Å²) in [5.74, 6) is 0.0426. The lowest BCUT2D eigenvalue weighted by Gasteiger charge is -2.14. The van der Waals surface area contributed by atoms with Crippen LogP contribution in [0.5, 0.6) is 5.75 Å². The predicted molar refractivity (Wildman–Crippen MR) is 112 cm³/mol. The Balaban J connectivity index is 1.63. The number of ketones is 1. The van der Waals surface area contributed by atoms with Crippen molar-refractivity contribution in [1.29, 1.82) is 0 Å². The van der Waals surface area contributed by atoms with Crippen LogP contribution in [0.3, 0.4) is 0 Å². The number of Topliss-reactive ketones (excluding diaryl/α,β-unsaturated/α-hetero) is 1. The van der Waals surface area contributed by atoms with Crippen LogP contribution in [0.15, 0.2) is 72.8 Å². The van der Waals surface area contributed by atoms with Crippen LogP contribution >= 0.6 is 23.2 Å². The van der Waals surface area contributed by atoms with Crippen molar-refractivity contribution in [1.82, 2.24) is 0 Å². The molecule has 1 N–H and O–H groups in total. The van der Waals surface area contributed by atoms with Gasteiger partial charge < -0.3 is 10.1 Å². The van der Waals surface area contributed by atoms with Crippen molar-refractivity contribution < 1.29 is 14.3 Å². The Kier molecular flexibility index (Phi) is 6.34. The van der Waals surface area contributed by atoms with Gasteiger partial charge in [-0.15, -0.1) is 0 Å². The summed E-state index contributed by atoms with van der Waals surface area (Å²) in [6.07, 6.45) is -0.679. The van der Waals surface area contributed by atoms with Crippen molar-refractivity contribution in [2.45, 2.75) is 13.0 Å². The van der Waals surface area contributed by atoms with E-state index in [4.69, 9.17) is 27.9 Å². The Bertz CT molecular complexity index is 1000. The predicted octanol–water partition coefficient (Wildman–Crippen LogP) is 5.90. The number of hydrogen-bond donors (Lipinski definition) is 1. The second kappa shape index (κ2) is 8.91. The van der Waals surface area contributed by atoms with Gasteiger partial charge in [-0.25, -0.2) is 0 Å². The highest BCUT2D eigenvalue weighted by Gasteiger charge is 2.17. The van der Waals surface area contributed by atoms with Crippen LogP contribution in [0, 0.1) is 0 Å². The molecule has 1 unspecified atom stereocenters. The van der Waals surface area contributed by atoms with E-state index >= 15 is 0 Å². The third kappa shape index (κ3) is 4.91. The molecule has 0 aliphatic carbocycles. The molecule has 28 heavy (non-hydrogen) atoms. The van der Waals surface area contributed by atoms with E-state index in [-0.39, 0.29) is 11.7 Å². The quantitative estimate of drug-likeness (QED) is 0.512. The highest BCUT2D eigenvalue weighted by atomic mass is 35.5. The molecule has 0 saturated carbocycles. The molecule has 0 spiro atoms. The van der Waals surface area contributed by atoms with Gasteiger partial charge in [0.25, 0.3) is 5.91 Å². The van der Waals surface area contributed by atoms with E-state index in [2.05, 4.69) is 5.32 Å². The molecule has 0 heterocycles. The maximum Gasteiger partial charge on any atom is 0.257 e. The SMILES string of the molecule is CC(Oc1ccc(NC(=O)c2ccccc2Cl)cc1)C(=O)c1cccc(Cl)c1. The maximum atomic E-state index is 12.4. The zero-order valence-corrected chi connectivity index (χ0v) is 16.5. The van der Waals surface area contributed by atoms with Crippen molar-refractivity contribution >= 4 is 40.6 Å². The summed E-state index contributed by atoms with van der Waals surface area (Å²) in [5.41, 5.74) is 1.47. The number of rotatable bonds is 6.